The Morgan fingerprint density at radius 1 is 0.750 bits per heavy atom. The summed E-state index contributed by atoms with van der Waals surface area (Å²) in [5.41, 5.74) is 3.29. The van der Waals surface area contributed by atoms with Gasteiger partial charge in [-0.25, -0.2) is 4.79 Å². The van der Waals surface area contributed by atoms with Crippen molar-refractivity contribution in [3.05, 3.63) is 131 Å². The summed E-state index contributed by atoms with van der Waals surface area (Å²) in [7, 11) is 0. The van der Waals surface area contributed by atoms with Crippen LogP contribution in [-0.2, 0) is 20.9 Å². The zero-order chi connectivity index (χ0) is 30.6. The highest BCUT2D eigenvalue weighted by molar-refractivity contribution is 6.22. The molecule has 1 saturated heterocycles. The zero-order valence-electron chi connectivity index (χ0n) is 24.4. The molecule has 0 unspecified atom stereocenters. The van der Waals surface area contributed by atoms with Crippen molar-refractivity contribution in [1.29, 1.82) is 0 Å². The Bertz CT molecular complexity index is 1650. The molecule has 2 amide bonds. The second-order valence-corrected chi connectivity index (χ2v) is 11.4. The third kappa shape index (κ3) is 6.04. The van der Waals surface area contributed by atoms with Crippen molar-refractivity contribution in [2.45, 2.75) is 44.8 Å². The van der Waals surface area contributed by atoms with Gasteiger partial charge < -0.3 is 9.47 Å². The van der Waals surface area contributed by atoms with E-state index in [1.54, 1.807) is 36.4 Å². The van der Waals surface area contributed by atoms with Crippen molar-refractivity contribution >= 4 is 29.3 Å². The van der Waals surface area contributed by atoms with Crippen LogP contribution in [0.25, 0.3) is 0 Å². The van der Waals surface area contributed by atoms with Crippen molar-refractivity contribution in [2.75, 3.05) is 4.90 Å². The monoisotopic (exact) mass is 587 g/mol. The van der Waals surface area contributed by atoms with Crippen LogP contribution in [0.1, 0.15) is 63.9 Å². The van der Waals surface area contributed by atoms with Gasteiger partial charge in [0, 0.05) is 5.56 Å². The highest BCUT2D eigenvalue weighted by atomic mass is 16.5. The molecule has 4 aromatic carbocycles. The Morgan fingerprint density at radius 2 is 1.36 bits per heavy atom. The minimum absolute atomic E-state index is 0.183. The number of carbonyl (C=O) groups is 4. The van der Waals surface area contributed by atoms with Gasteiger partial charge in [-0.15, -0.1) is 0 Å². The van der Waals surface area contributed by atoms with Crippen molar-refractivity contribution < 1.29 is 28.7 Å². The molecule has 0 bridgehead atoms. The van der Waals surface area contributed by atoms with Gasteiger partial charge in [-0.2, -0.15) is 0 Å². The van der Waals surface area contributed by atoms with Gasteiger partial charge in [0.15, 0.2) is 6.10 Å². The molecule has 0 N–H and O–H groups in total. The van der Waals surface area contributed by atoms with Gasteiger partial charge in [0.05, 0.1) is 23.1 Å². The molecule has 0 spiro atoms. The predicted octanol–water partition coefficient (Wildman–Crippen LogP) is 6.77. The van der Waals surface area contributed by atoms with Crippen molar-refractivity contribution in [2.24, 2.45) is 11.8 Å². The Labute approximate surface area is 256 Å². The lowest BCUT2D eigenvalue weighted by Crippen LogP contribution is -2.31. The Morgan fingerprint density at radius 3 is 2.05 bits per heavy atom. The minimum Gasteiger partial charge on any atom is -0.489 e. The number of benzene rings is 4. The molecule has 1 aliphatic carbocycles. The number of anilines is 1. The molecule has 0 radical (unpaired) electrons. The van der Waals surface area contributed by atoms with Gasteiger partial charge in [0.1, 0.15) is 12.4 Å². The number of carbonyl (C=O) groups excluding carboxylic acids is 4. The number of Topliss-reactive ketones (excluding diaryl/α,β-unsaturated/α-hetero) is 1. The van der Waals surface area contributed by atoms with Crippen molar-refractivity contribution in [3.63, 3.8) is 0 Å². The molecule has 2 aliphatic rings. The second-order valence-electron chi connectivity index (χ2n) is 11.4. The number of imide groups is 1. The van der Waals surface area contributed by atoms with Gasteiger partial charge in [-0.3, -0.25) is 19.3 Å². The van der Waals surface area contributed by atoms with E-state index in [0.717, 1.165) is 12.0 Å². The average Bonchev–Trinajstić information content (AvgIpc) is 3.32. The van der Waals surface area contributed by atoms with E-state index in [0.29, 0.717) is 36.4 Å². The van der Waals surface area contributed by atoms with E-state index in [9.17, 15) is 19.2 Å². The summed E-state index contributed by atoms with van der Waals surface area (Å²) in [6, 6.07) is 32.8. The van der Waals surface area contributed by atoms with Crippen LogP contribution >= 0.6 is 0 Å². The fourth-order valence-electron chi connectivity index (χ4n) is 6.18. The van der Waals surface area contributed by atoms with E-state index in [1.165, 1.54) is 29.5 Å². The normalized spacial score (nSPS) is 20.1. The Balaban J connectivity index is 1.05. The van der Waals surface area contributed by atoms with Crippen LogP contribution in [0.3, 0.4) is 0 Å². The number of hydrogen-bond donors (Lipinski definition) is 0. The average molecular weight is 588 g/mol. The highest BCUT2D eigenvalue weighted by Crippen LogP contribution is 2.45. The van der Waals surface area contributed by atoms with Crippen molar-refractivity contribution in [3.8, 4) is 5.75 Å². The number of amides is 2. The first-order valence-corrected chi connectivity index (χ1v) is 14.9. The summed E-state index contributed by atoms with van der Waals surface area (Å²) in [6.45, 7) is 1.94. The number of rotatable bonds is 9. The molecule has 6 rings (SSSR count). The maximum atomic E-state index is 13.4. The van der Waals surface area contributed by atoms with E-state index in [1.807, 2.05) is 48.5 Å². The molecule has 222 valence electrons. The number of nitrogens with zero attached hydrogens (tertiary/aromatic N) is 1. The van der Waals surface area contributed by atoms with Crippen LogP contribution in [0.5, 0.6) is 5.75 Å². The van der Waals surface area contributed by atoms with E-state index >= 15 is 0 Å². The predicted molar refractivity (Wildman–Crippen MR) is 165 cm³/mol. The standard InChI is InChI=1S/C37H33NO6/c1-24(34(39)27-14-19-31(20-15-27)43-23-25-8-4-2-5-9-25)44-37(42)28-12-17-30(18-13-28)38-35(40)32-21-16-29(22-33(32)36(38)41)26-10-6-3-7-11-26/h2-15,17-20,24,29,32-33H,16,21-23H2,1H3/t24-,29-,32-,33-/m0/s1. The maximum Gasteiger partial charge on any atom is 0.338 e. The smallest absolute Gasteiger partial charge is 0.338 e. The number of ether oxygens (including phenoxy) is 2. The van der Waals surface area contributed by atoms with Crippen LogP contribution in [-0.4, -0.2) is 29.7 Å². The molecule has 2 fully saturated rings. The van der Waals surface area contributed by atoms with E-state index in [2.05, 4.69) is 12.1 Å². The van der Waals surface area contributed by atoms with Gasteiger partial charge >= 0.3 is 5.97 Å². The minimum atomic E-state index is -1.01. The molecular weight excluding hydrogens is 554 g/mol. The summed E-state index contributed by atoms with van der Waals surface area (Å²) in [5, 5.41) is 0. The summed E-state index contributed by atoms with van der Waals surface area (Å²) < 4.78 is 11.2. The molecule has 1 aliphatic heterocycles. The van der Waals surface area contributed by atoms with Crippen LogP contribution in [0.15, 0.2) is 109 Å². The number of esters is 1. The SMILES string of the molecule is C[C@H](OC(=O)c1ccc(N2C(=O)[C@H]3CC[C@H](c4ccccc4)C[C@@H]3C2=O)cc1)C(=O)c1ccc(OCc2ccccc2)cc1. The lowest BCUT2D eigenvalue weighted by atomic mass is 9.73. The van der Waals surface area contributed by atoms with Gasteiger partial charge in [-0.05, 0) is 91.8 Å². The molecule has 0 aromatic heterocycles. The van der Waals surface area contributed by atoms with Crippen LogP contribution in [0.2, 0.25) is 0 Å². The largest absolute Gasteiger partial charge is 0.489 e. The molecule has 1 heterocycles. The third-order valence-corrected chi connectivity index (χ3v) is 8.60. The Kier molecular flexibility index (Phi) is 8.37. The first-order valence-electron chi connectivity index (χ1n) is 14.9. The fraction of sp³-hybridized carbons (Fsp3) is 0.243. The first kappa shape index (κ1) is 29.1. The molecule has 44 heavy (non-hydrogen) atoms. The summed E-state index contributed by atoms with van der Waals surface area (Å²) in [5.74, 6) is -1.16. The fourth-order valence-corrected chi connectivity index (χ4v) is 6.18. The molecule has 4 atom stereocenters. The van der Waals surface area contributed by atoms with E-state index < -0.39 is 12.1 Å². The number of hydrogen-bond acceptors (Lipinski definition) is 6. The van der Waals surface area contributed by atoms with Gasteiger partial charge in [0.25, 0.3) is 0 Å². The maximum absolute atomic E-state index is 13.4. The molecule has 7 heteroatoms. The molecule has 1 saturated carbocycles. The van der Waals surface area contributed by atoms with E-state index in [-0.39, 0.29) is 40.9 Å². The first-order chi connectivity index (χ1) is 21.4. The van der Waals surface area contributed by atoms with E-state index in [4.69, 9.17) is 9.47 Å². The third-order valence-electron chi connectivity index (χ3n) is 8.60. The van der Waals surface area contributed by atoms with Gasteiger partial charge in [0.2, 0.25) is 17.6 Å². The quantitative estimate of drug-likeness (QED) is 0.122. The Hall–Kier alpha value is -5.04. The lowest BCUT2D eigenvalue weighted by Gasteiger charge is -2.28. The summed E-state index contributed by atoms with van der Waals surface area (Å²) in [4.78, 5) is 53.7. The summed E-state index contributed by atoms with van der Waals surface area (Å²) >= 11 is 0. The summed E-state index contributed by atoms with van der Waals surface area (Å²) in [6.07, 6.45) is 1.17. The molecule has 7 nitrogen and oxygen atoms in total. The van der Waals surface area contributed by atoms with Crippen LogP contribution in [0, 0.1) is 11.8 Å². The van der Waals surface area contributed by atoms with Crippen LogP contribution in [0.4, 0.5) is 5.69 Å². The van der Waals surface area contributed by atoms with Crippen molar-refractivity contribution in [1.82, 2.24) is 0 Å². The highest BCUT2D eigenvalue weighted by Gasteiger charge is 2.50. The second kappa shape index (κ2) is 12.7. The zero-order valence-corrected chi connectivity index (χ0v) is 24.4. The topological polar surface area (TPSA) is 90.0 Å². The number of ketones is 1. The molecule has 4 aromatic rings. The number of fused-ring (bicyclic) bond motifs is 1. The van der Waals surface area contributed by atoms with Crippen LogP contribution < -0.4 is 9.64 Å². The van der Waals surface area contributed by atoms with Gasteiger partial charge in [-0.1, -0.05) is 60.7 Å². The molecular formula is C37H33NO6. The lowest BCUT2D eigenvalue weighted by molar-refractivity contribution is -0.122.